The number of amides is 1. The standard InChI is InChI=1S/C32H51NO11/c1-15(4-7-23(35)33-14-24(36)37)18-5-6-19-17-13-22(34)21-12-16(8-10-32(21,3)20(17)9-11-31(18,19)2)43-30-27(40)25(38)26(39)28(44-30)29(41)42/h15-22,25-28,30,34,38-40H,4-14H2,1-3H3,(H,33,35)(H,36,37)(H,41,42)/t15-,16?,17+,18-,19+,20+,21+,22+,25+,26+,27-,28+,30-,31-,32-/m1/s1. The van der Waals surface area contributed by atoms with Gasteiger partial charge < -0.3 is 45.4 Å². The van der Waals surface area contributed by atoms with Crippen LogP contribution in [0.1, 0.15) is 85.0 Å². The molecule has 5 rings (SSSR count). The highest BCUT2D eigenvalue weighted by molar-refractivity contribution is 5.81. The molecule has 250 valence electrons. The predicted molar refractivity (Wildman–Crippen MR) is 155 cm³/mol. The van der Waals surface area contributed by atoms with Crippen molar-refractivity contribution >= 4 is 17.8 Å². The zero-order valence-corrected chi connectivity index (χ0v) is 26.0. The molecule has 4 aliphatic carbocycles. The van der Waals surface area contributed by atoms with Crippen LogP contribution in [0.2, 0.25) is 0 Å². The van der Waals surface area contributed by atoms with Crippen LogP contribution in [-0.4, -0.2) is 97.9 Å². The van der Waals surface area contributed by atoms with Crippen molar-refractivity contribution in [2.45, 2.75) is 128 Å². The minimum absolute atomic E-state index is 0.0289. The molecule has 1 aliphatic heterocycles. The highest BCUT2D eigenvalue weighted by Crippen LogP contribution is 2.68. The van der Waals surface area contributed by atoms with Gasteiger partial charge in [0.15, 0.2) is 12.4 Å². The van der Waals surface area contributed by atoms with E-state index in [1.54, 1.807) is 0 Å². The maximum absolute atomic E-state index is 12.2. The third kappa shape index (κ3) is 6.02. The Hall–Kier alpha value is -1.83. The van der Waals surface area contributed by atoms with Gasteiger partial charge in [-0.1, -0.05) is 20.8 Å². The van der Waals surface area contributed by atoms with E-state index in [4.69, 9.17) is 14.6 Å². The van der Waals surface area contributed by atoms with Gasteiger partial charge >= 0.3 is 11.9 Å². The number of carboxylic acids is 2. The summed E-state index contributed by atoms with van der Waals surface area (Å²) in [4.78, 5) is 34.5. The Morgan fingerprint density at radius 1 is 0.886 bits per heavy atom. The van der Waals surface area contributed by atoms with Crippen LogP contribution < -0.4 is 5.32 Å². The Labute approximate surface area is 258 Å². The summed E-state index contributed by atoms with van der Waals surface area (Å²) >= 11 is 0. The van der Waals surface area contributed by atoms with E-state index in [-0.39, 0.29) is 29.2 Å². The second kappa shape index (κ2) is 12.8. The molecule has 0 aromatic heterocycles. The third-order valence-corrected chi connectivity index (χ3v) is 12.8. The molecular weight excluding hydrogens is 574 g/mol. The molecule has 1 saturated heterocycles. The van der Waals surface area contributed by atoms with Gasteiger partial charge in [0.25, 0.3) is 0 Å². The number of carbonyl (C=O) groups excluding carboxylic acids is 1. The lowest BCUT2D eigenvalue weighted by Crippen LogP contribution is -2.62. The van der Waals surface area contributed by atoms with Crippen LogP contribution in [0.15, 0.2) is 0 Å². The Morgan fingerprint density at radius 3 is 2.25 bits per heavy atom. The van der Waals surface area contributed by atoms with Crippen molar-refractivity contribution in [2.24, 2.45) is 46.3 Å². The molecule has 0 radical (unpaired) electrons. The smallest absolute Gasteiger partial charge is 0.335 e. The molecule has 5 aliphatic rings. The second-order valence-electron chi connectivity index (χ2n) is 15.0. The Kier molecular flexibility index (Phi) is 9.72. The number of aliphatic carboxylic acids is 2. The van der Waals surface area contributed by atoms with Gasteiger partial charge in [-0.05, 0) is 104 Å². The number of aliphatic hydroxyl groups is 4. The molecular formula is C32H51NO11. The van der Waals surface area contributed by atoms with Crippen LogP contribution >= 0.6 is 0 Å². The Balaban J connectivity index is 1.22. The van der Waals surface area contributed by atoms with Gasteiger partial charge in [-0.2, -0.15) is 0 Å². The van der Waals surface area contributed by atoms with Gasteiger partial charge in [-0.3, -0.25) is 9.59 Å². The van der Waals surface area contributed by atoms with Crippen LogP contribution in [0.5, 0.6) is 0 Å². The van der Waals surface area contributed by atoms with E-state index in [1.165, 1.54) is 0 Å². The van der Waals surface area contributed by atoms with Crippen LogP contribution in [0.3, 0.4) is 0 Å². The molecule has 0 aromatic rings. The van der Waals surface area contributed by atoms with E-state index in [0.717, 1.165) is 38.5 Å². The van der Waals surface area contributed by atoms with E-state index in [1.807, 2.05) is 0 Å². The highest BCUT2D eigenvalue weighted by atomic mass is 16.7. The van der Waals surface area contributed by atoms with Gasteiger partial charge in [0.1, 0.15) is 24.9 Å². The molecule has 1 unspecified atom stereocenters. The van der Waals surface area contributed by atoms with E-state index < -0.39 is 54.9 Å². The van der Waals surface area contributed by atoms with Gasteiger partial charge in [0.05, 0.1) is 12.2 Å². The monoisotopic (exact) mass is 625 g/mol. The fraction of sp³-hybridized carbons (Fsp3) is 0.906. The number of carboxylic acid groups (broad SMARTS) is 2. The maximum Gasteiger partial charge on any atom is 0.335 e. The minimum atomic E-state index is -1.77. The topological polar surface area (TPSA) is 203 Å². The zero-order valence-electron chi connectivity index (χ0n) is 26.0. The summed E-state index contributed by atoms with van der Waals surface area (Å²) in [7, 11) is 0. The first kappa shape index (κ1) is 33.5. The molecule has 4 saturated carbocycles. The van der Waals surface area contributed by atoms with Gasteiger partial charge in [-0.25, -0.2) is 4.79 Å². The molecule has 15 atom stereocenters. The summed E-state index contributed by atoms with van der Waals surface area (Å²) in [5.74, 6) is -0.607. The number of hydrogen-bond donors (Lipinski definition) is 7. The van der Waals surface area contributed by atoms with Crippen molar-refractivity contribution in [3.05, 3.63) is 0 Å². The van der Waals surface area contributed by atoms with E-state index in [2.05, 4.69) is 26.1 Å². The normalized spacial score (nSPS) is 47.5. The molecule has 0 bridgehead atoms. The summed E-state index contributed by atoms with van der Waals surface area (Å²) in [6.45, 7) is 6.56. The van der Waals surface area contributed by atoms with E-state index >= 15 is 0 Å². The van der Waals surface area contributed by atoms with Crippen LogP contribution in [0, 0.1) is 46.3 Å². The SMILES string of the molecule is C[C@H](CCC(=O)NCC(=O)O)[C@H]1CC[C@H]2[C@@H]3C[C@H](O)[C@@H]4CC(O[C@@H]5O[C@H](C(=O)O)[C@@H](O)[C@H](O)[C@H]5O)CC[C@]4(C)[C@H]3CC[C@]12C. The molecule has 12 nitrogen and oxygen atoms in total. The van der Waals surface area contributed by atoms with Crippen molar-refractivity contribution in [2.75, 3.05) is 6.54 Å². The fourth-order valence-corrected chi connectivity index (χ4v) is 10.5. The molecule has 44 heavy (non-hydrogen) atoms. The lowest BCUT2D eigenvalue weighted by atomic mass is 9.43. The lowest BCUT2D eigenvalue weighted by Gasteiger charge is -2.62. The van der Waals surface area contributed by atoms with E-state index in [9.17, 15) is 39.9 Å². The number of ether oxygens (including phenoxy) is 2. The molecule has 12 heteroatoms. The molecule has 0 aromatic carbocycles. The molecule has 1 amide bonds. The largest absolute Gasteiger partial charge is 0.480 e. The third-order valence-electron chi connectivity index (χ3n) is 12.8. The summed E-state index contributed by atoms with van der Waals surface area (Å²) < 4.78 is 11.4. The minimum Gasteiger partial charge on any atom is -0.480 e. The van der Waals surface area contributed by atoms with Gasteiger partial charge in [0, 0.05) is 6.42 Å². The number of hydrogen-bond acceptors (Lipinski definition) is 9. The summed E-state index contributed by atoms with van der Waals surface area (Å²) in [5, 5.41) is 63.0. The van der Waals surface area contributed by atoms with Gasteiger partial charge in [0.2, 0.25) is 5.91 Å². The number of rotatable bonds is 9. The number of fused-ring (bicyclic) bond motifs is 5. The quantitative estimate of drug-likeness (QED) is 0.183. The first-order valence-corrected chi connectivity index (χ1v) is 16.4. The predicted octanol–water partition coefficient (Wildman–Crippen LogP) is 1.51. The zero-order chi connectivity index (χ0) is 32.1. The lowest BCUT2D eigenvalue weighted by molar-refractivity contribution is -0.311. The summed E-state index contributed by atoms with van der Waals surface area (Å²) in [6.07, 6.45) is -0.996. The summed E-state index contributed by atoms with van der Waals surface area (Å²) in [6, 6.07) is 0. The van der Waals surface area contributed by atoms with Crippen LogP contribution in [0.25, 0.3) is 0 Å². The average molecular weight is 626 g/mol. The maximum atomic E-state index is 12.2. The van der Waals surface area contributed by atoms with E-state index in [0.29, 0.717) is 55.3 Å². The van der Waals surface area contributed by atoms with Crippen molar-refractivity contribution in [1.29, 1.82) is 0 Å². The second-order valence-corrected chi connectivity index (χ2v) is 15.0. The highest BCUT2D eigenvalue weighted by Gasteiger charge is 2.62. The molecule has 0 spiro atoms. The molecule has 7 N–H and O–H groups in total. The van der Waals surface area contributed by atoms with Crippen molar-refractivity contribution in [3.8, 4) is 0 Å². The number of aliphatic hydroxyl groups excluding tert-OH is 4. The van der Waals surface area contributed by atoms with Crippen LogP contribution in [0.4, 0.5) is 0 Å². The Bertz CT molecular complexity index is 1090. The molecule has 5 fully saturated rings. The molecule has 1 heterocycles. The first-order chi connectivity index (χ1) is 20.7. The van der Waals surface area contributed by atoms with Crippen LogP contribution in [-0.2, 0) is 23.9 Å². The fourth-order valence-electron chi connectivity index (χ4n) is 10.5. The number of nitrogens with one attached hydrogen (secondary N) is 1. The van der Waals surface area contributed by atoms with Crippen molar-refractivity contribution in [3.63, 3.8) is 0 Å². The first-order valence-electron chi connectivity index (χ1n) is 16.4. The van der Waals surface area contributed by atoms with Gasteiger partial charge in [-0.15, -0.1) is 0 Å². The summed E-state index contributed by atoms with van der Waals surface area (Å²) in [5.41, 5.74) is 0.0305. The number of carbonyl (C=O) groups is 3. The Morgan fingerprint density at radius 2 is 1.57 bits per heavy atom. The average Bonchev–Trinajstić information content (AvgIpc) is 3.33. The van der Waals surface area contributed by atoms with Crippen molar-refractivity contribution < 1.29 is 54.5 Å². The van der Waals surface area contributed by atoms with Crippen molar-refractivity contribution in [1.82, 2.24) is 5.32 Å².